The van der Waals surface area contributed by atoms with Crippen molar-refractivity contribution in [3.05, 3.63) is 5.82 Å². The van der Waals surface area contributed by atoms with Crippen molar-refractivity contribution >= 4 is 0 Å². The standard InChI is InChI=1S/C7H13N5/c1-6-9-11-12(10-6)7-2-4-8-5-3-7/h7-8H,2-5H2,1H3. The average Bonchev–Trinajstić information content (AvgIpc) is 2.54. The van der Waals surface area contributed by atoms with Crippen LogP contribution in [-0.2, 0) is 0 Å². The summed E-state index contributed by atoms with van der Waals surface area (Å²) in [5, 5.41) is 15.3. The lowest BCUT2D eigenvalue weighted by Gasteiger charge is -2.20. The second kappa shape index (κ2) is 3.18. The van der Waals surface area contributed by atoms with E-state index < -0.39 is 0 Å². The first-order chi connectivity index (χ1) is 5.86. The van der Waals surface area contributed by atoms with Crippen LogP contribution in [0, 0.1) is 6.92 Å². The molecule has 0 saturated carbocycles. The van der Waals surface area contributed by atoms with Gasteiger partial charge in [-0.25, -0.2) is 0 Å². The minimum atomic E-state index is 0.451. The summed E-state index contributed by atoms with van der Waals surface area (Å²) in [5.41, 5.74) is 0. The maximum Gasteiger partial charge on any atom is 0.171 e. The van der Waals surface area contributed by atoms with Gasteiger partial charge in [0.2, 0.25) is 0 Å². The SMILES string of the molecule is Cc1nnn(C2CCNCC2)n1. The second-order valence-electron chi connectivity index (χ2n) is 3.14. The van der Waals surface area contributed by atoms with Crippen LogP contribution in [0.15, 0.2) is 0 Å². The summed E-state index contributed by atoms with van der Waals surface area (Å²) in [5.74, 6) is 0.758. The van der Waals surface area contributed by atoms with Gasteiger partial charge in [0, 0.05) is 0 Å². The fourth-order valence-corrected chi connectivity index (χ4v) is 1.49. The van der Waals surface area contributed by atoms with Crippen LogP contribution in [0.2, 0.25) is 0 Å². The molecule has 2 rings (SSSR count). The molecule has 0 atom stereocenters. The van der Waals surface area contributed by atoms with Crippen LogP contribution in [0.25, 0.3) is 0 Å². The molecule has 5 nitrogen and oxygen atoms in total. The molecule has 0 aliphatic carbocycles. The van der Waals surface area contributed by atoms with Crippen molar-refractivity contribution in [1.29, 1.82) is 0 Å². The highest BCUT2D eigenvalue weighted by Gasteiger charge is 2.16. The Labute approximate surface area is 71.1 Å². The summed E-state index contributed by atoms with van der Waals surface area (Å²) in [6.07, 6.45) is 2.21. The molecule has 1 aromatic rings. The number of aryl methyl sites for hydroxylation is 1. The van der Waals surface area contributed by atoms with E-state index in [1.54, 1.807) is 4.80 Å². The molecule has 2 heterocycles. The third-order valence-electron chi connectivity index (χ3n) is 2.16. The predicted octanol–water partition coefficient (Wildman–Crippen LogP) is -0.0940. The van der Waals surface area contributed by atoms with E-state index >= 15 is 0 Å². The molecule has 0 radical (unpaired) electrons. The number of rotatable bonds is 1. The Balaban J connectivity index is 2.08. The van der Waals surface area contributed by atoms with E-state index in [0.717, 1.165) is 31.8 Å². The molecular weight excluding hydrogens is 154 g/mol. The van der Waals surface area contributed by atoms with Gasteiger partial charge in [0.15, 0.2) is 5.82 Å². The average molecular weight is 167 g/mol. The molecule has 1 fully saturated rings. The molecule has 1 aromatic heterocycles. The highest BCUT2D eigenvalue weighted by molar-refractivity contribution is 4.74. The molecule has 12 heavy (non-hydrogen) atoms. The molecule has 1 N–H and O–H groups in total. The van der Waals surface area contributed by atoms with Gasteiger partial charge in [0.25, 0.3) is 0 Å². The lowest BCUT2D eigenvalue weighted by Crippen LogP contribution is -2.30. The Hall–Kier alpha value is -0.970. The van der Waals surface area contributed by atoms with Crippen LogP contribution < -0.4 is 5.32 Å². The van der Waals surface area contributed by atoms with Gasteiger partial charge >= 0.3 is 0 Å². The topological polar surface area (TPSA) is 55.6 Å². The number of nitrogens with one attached hydrogen (secondary N) is 1. The summed E-state index contributed by atoms with van der Waals surface area (Å²) >= 11 is 0. The minimum absolute atomic E-state index is 0.451. The van der Waals surface area contributed by atoms with E-state index in [9.17, 15) is 0 Å². The third kappa shape index (κ3) is 1.45. The lowest BCUT2D eigenvalue weighted by atomic mass is 10.1. The first-order valence-corrected chi connectivity index (χ1v) is 4.33. The zero-order valence-electron chi connectivity index (χ0n) is 7.19. The monoisotopic (exact) mass is 167 g/mol. The fourth-order valence-electron chi connectivity index (χ4n) is 1.49. The Kier molecular flexibility index (Phi) is 2.03. The largest absolute Gasteiger partial charge is 0.317 e. The van der Waals surface area contributed by atoms with E-state index in [0.29, 0.717) is 6.04 Å². The molecular formula is C7H13N5. The number of piperidine rings is 1. The van der Waals surface area contributed by atoms with Crippen molar-refractivity contribution in [1.82, 2.24) is 25.5 Å². The quantitative estimate of drug-likeness (QED) is 0.635. The Morgan fingerprint density at radius 1 is 1.42 bits per heavy atom. The van der Waals surface area contributed by atoms with Crippen LogP contribution in [0.5, 0.6) is 0 Å². The molecule has 1 aliphatic heterocycles. The maximum atomic E-state index is 4.20. The molecule has 5 heteroatoms. The van der Waals surface area contributed by atoms with Crippen LogP contribution in [0.4, 0.5) is 0 Å². The normalized spacial score (nSPS) is 19.8. The molecule has 66 valence electrons. The van der Waals surface area contributed by atoms with Gasteiger partial charge in [-0.2, -0.15) is 4.80 Å². The Morgan fingerprint density at radius 2 is 2.17 bits per heavy atom. The number of tetrazole rings is 1. The third-order valence-corrected chi connectivity index (χ3v) is 2.16. The first-order valence-electron chi connectivity index (χ1n) is 4.33. The van der Waals surface area contributed by atoms with Gasteiger partial charge in [-0.3, -0.25) is 0 Å². The van der Waals surface area contributed by atoms with Crippen molar-refractivity contribution < 1.29 is 0 Å². The zero-order chi connectivity index (χ0) is 8.39. The highest BCUT2D eigenvalue weighted by atomic mass is 15.6. The van der Waals surface area contributed by atoms with Crippen molar-refractivity contribution in [3.63, 3.8) is 0 Å². The van der Waals surface area contributed by atoms with Gasteiger partial charge in [-0.05, 0) is 38.1 Å². The molecule has 0 unspecified atom stereocenters. The van der Waals surface area contributed by atoms with Gasteiger partial charge in [-0.1, -0.05) is 0 Å². The minimum Gasteiger partial charge on any atom is -0.317 e. The molecule has 0 amide bonds. The van der Waals surface area contributed by atoms with Gasteiger partial charge in [-0.15, -0.1) is 10.2 Å². The summed E-state index contributed by atoms with van der Waals surface area (Å²) in [6.45, 7) is 3.99. The van der Waals surface area contributed by atoms with Crippen molar-refractivity contribution in [2.75, 3.05) is 13.1 Å². The summed E-state index contributed by atoms with van der Waals surface area (Å²) < 4.78 is 0. The van der Waals surface area contributed by atoms with Crippen molar-refractivity contribution in [2.24, 2.45) is 0 Å². The Morgan fingerprint density at radius 3 is 2.75 bits per heavy atom. The van der Waals surface area contributed by atoms with Crippen LogP contribution >= 0.6 is 0 Å². The molecule has 0 spiro atoms. The number of nitrogens with zero attached hydrogens (tertiary/aromatic N) is 4. The van der Waals surface area contributed by atoms with Crippen LogP contribution in [-0.4, -0.2) is 33.3 Å². The summed E-state index contributed by atoms with van der Waals surface area (Å²) in [6, 6.07) is 0.451. The van der Waals surface area contributed by atoms with Gasteiger partial charge < -0.3 is 5.32 Å². The van der Waals surface area contributed by atoms with Crippen LogP contribution in [0.1, 0.15) is 24.7 Å². The predicted molar refractivity (Wildman–Crippen MR) is 43.7 cm³/mol. The van der Waals surface area contributed by atoms with E-state index in [2.05, 4.69) is 20.7 Å². The second-order valence-corrected chi connectivity index (χ2v) is 3.14. The maximum absolute atomic E-state index is 4.20. The number of hydrogen-bond donors (Lipinski definition) is 1. The first kappa shape index (κ1) is 7.67. The summed E-state index contributed by atoms with van der Waals surface area (Å²) in [7, 11) is 0. The number of hydrogen-bond acceptors (Lipinski definition) is 4. The highest BCUT2D eigenvalue weighted by Crippen LogP contribution is 2.14. The van der Waals surface area contributed by atoms with Gasteiger partial charge in [0.05, 0.1) is 6.04 Å². The fraction of sp³-hybridized carbons (Fsp3) is 0.857. The Bertz CT molecular complexity index is 250. The van der Waals surface area contributed by atoms with Crippen molar-refractivity contribution in [2.45, 2.75) is 25.8 Å². The van der Waals surface area contributed by atoms with E-state index in [-0.39, 0.29) is 0 Å². The van der Waals surface area contributed by atoms with E-state index in [1.807, 2.05) is 6.92 Å². The lowest BCUT2D eigenvalue weighted by molar-refractivity contribution is 0.309. The van der Waals surface area contributed by atoms with E-state index in [1.165, 1.54) is 0 Å². The van der Waals surface area contributed by atoms with Crippen molar-refractivity contribution in [3.8, 4) is 0 Å². The zero-order valence-corrected chi connectivity index (χ0v) is 7.19. The van der Waals surface area contributed by atoms with E-state index in [4.69, 9.17) is 0 Å². The molecule has 1 aliphatic rings. The van der Waals surface area contributed by atoms with Gasteiger partial charge in [0.1, 0.15) is 0 Å². The molecule has 0 bridgehead atoms. The molecule has 0 aromatic carbocycles. The smallest absolute Gasteiger partial charge is 0.171 e. The number of aromatic nitrogens is 4. The molecule has 1 saturated heterocycles. The van der Waals surface area contributed by atoms with Crippen LogP contribution in [0.3, 0.4) is 0 Å². The summed E-state index contributed by atoms with van der Waals surface area (Å²) in [4.78, 5) is 1.75.